The Morgan fingerprint density at radius 2 is 0.419 bits per heavy atom. The highest BCUT2D eigenvalue weighted by Crippen LogP contribution is 2.40. The van der Waals surface area contributed by atoms with Crippen LogP contribution in [-0.4, -0.2) is 69.8 Å². The van der Waals surface area contributed by atoms with Crippen LogP contribution < -0.4 is 0 Å². The SMILES string of the molecule is c1ccc(-c2nc(-c3ccccc3)nc(-c3ccc4ccc(-c5ccc6ccc(-c7ccc(-c8ccc9ccc%10cccnc%10c9n8)c8ccccc78)cc6n5)cc4n3)n2)cc1.c1ccc(-c2nc(-c3ccccc3)nc(-c3ccc4ccc(-c5ccc6ccc(-c7ccc8cc(-c9ccc%10ccc%11cccnc%11c%10n9)ccc8c7)cc6n5)cc4n3)n2)cc1. The van der Waals surface area contributed by atoms with Gasteiger partial charge in [0.25, 0.3) is 0 Å². The molecule has 124 heavy (non-hydrogen) atoms. The van der Waals surface area contributed by atoms with E-state index >= 15 is 0 Å². The van der Waals surface area contributed by atoms with Gasteiger partial charge in [-0.15, -0.1) is 0 Å². The van der Waals surface area contributed by atoms with E-state index in [1.807, 2.05) is 158 Å². The zero-order valence-corrected chi connectivity index (χ0v) is 66.4. The smallest absolute Gasteiger partial charge is 0.182 e. The summed E-state index contributed by atoms with van der Waals surface area (Å²) in [4.78, 5) is 69.6. The number of aromatic nitrogens is 14. The quantitative estimate of drug-likeness (QED) is 0.105. The van der Waals surface area contributed by atoms with Crippen molar-refractivity contribution in [2.45, 2.75) is 0 Å². The average molecular weight is 1580 g/mol. The van der Waals surface area contributed by atoms with Crippen molar-refractivity contribution in [1.29, 1.82) is 0 Å². The Hall–Kier alpha value is -17.1. The molecule has 0 amide bonds. The van der Waals surface area contributed by atoms with E-state index in [9.17, 15) is 0 Å². The second-order valence-electron chi connectivity index (χ2n) is 30.8. The summed E-state index contributed by atoms with van der Waals surface area (Å²) < 4.78 is 0. The van der Waals surface area contributed by atoms with Crippen molar-refractivity contribution >= 4 is 109 Å². The maximum Gasteiger partial charge on any atom is 0.182 e. The fraction of sp³-hybridized carbons (Fsp3) is 0. The molecule has 0 saturated heterocycles. The Morgan fingerprint density at radius 1 is 0.137 bits per heavy atom. The van der Waals surface area contributed by atoms with Crippen LogP contribution in [0.4, 0.5) is 0 Å². The molecule has 0 unspecified atom stereocenters. The van der Waals surface area contributed by atoms with Crippen LogP contribution in [0, 0.1) is 0 Å². The van der Waals surface area contributed by atoms with Gasteiger partial charge in [-0.3, -0.25) is 9.97 Å². The van der Waals surface area contributed by atoms with Crippen molar-refractivity contribution in [1.82, 2.24) is 69.8 Å². The van der Waals surface area contributed by atoms with E-state index < -0.39 is 0 Å². The summed E-state index contributed by atoms with van der Waals surface area (Å²) in [6.45, 7) is 0. The molecule has 0 aliphatic rings. The lowest BCUT2D eigenvalue weighted by molar-refractivity contribution is 1.06. The van der Waals surface area contributed by atoms with Gasteiger partial charge in [-0.05, 0) is 129 Å². The van der Waals surface area contributed by atoms with Gasteiger partial charge in [0.15, 0.2) is 34.9 Å². The molecule has 14 nitrogen and oxygen atoms in total. The van der Waals surface area contributed by atoms with Gasteiger partial charge in [-0.1, -0.05) is 303 Å². The van der Waals surface area contributed by atoms with E-state index in [4.69, 9.17) is 59.8 Å². The second-order valence-corrected chi connectivity index (χ2v) is 30.8. The fourth-order valence-corrected chi connectivity index (χ4v) is 16.7. The average Bonchev–Trinajstić information content (AvgIpc) is 0.763. The van der Waals surface area contributed by atoms with Crippen LogP contribution in [0.2, 0.25) is 0 Å². The van der Waals surface area contributed by atoms with Gasteiger partial charge in [0, 0.05) is 100.0 Å². The van der Waals surface area contributed by atoms with E-state index in [0.29, 0.717) is 46.3 Å². The monoisotopic (exact) mass is 1580 g/mol. The van der Waals surface area contributed by atoms with Crippen LogP contribution in [0.25, 0.3) is 245 Å². The van der Waals surface area contributed by atoms with Gasteiger partial charge in [-0.2, -0.15) is 0 Å². The molecule has 0 saturated carbocycles. The molecule has 576 valence electrons. The predicted octanol–water partition coefficient (Wildman–Crippen LogP) is 26.4. The van der Waals surface area contributed by atoms with Crippen molar-refractivity contribution in [2.75, 3.05) is 0 Å². The van der Waals surface area contributed by atoms with E-state index in [0.717, 1.165) is 198 Å². The van der Waals surface area contributed by atoms with Crippen molar-refractivity contribution < 1.29 is 0 Å². The van der Waals surface area contributed by atoms with Crippen molar-refractivity contribution in [2.24, 2.45) is 0 Å². The summed E-state index contributed by atoms with van der Waals surface area (Å²) in [5.41, 5.74) is 24.3. The summed E-state index contributed by atoms with van der Waals surface area (Å²) in [6.07, 6.45) is 3.66. The third kappa shape index (κ3) is 13.8. The Balaban J connectivity index is 0.000000143. The molecule has 10 aromatic heterocycles. The summed E-state index contributed by atoms with van der Waals surface area (Å²) in [7, 11) is 0. The first-order valence-electron chi connectivity index (χ1n) is 41.1. The van der Waals surface area contributed by atoms with Crippen LogP contribution in [0.1, 0.15) is 0 Å². The molecule has 0 bridgehead atoms. The second kappa shape index (κ2) is 30.7. The van der Waals surface area contributed by atoms with Gasteiger partial charge < -0.3 is 0 Å². The van der Waals surface area contributed by atoms with Crippen LogP contribution in [0.15, 0.2) is 401 Å². The number of benzene rings is 14. The number of hydrogen-bond donors (Lipinski definition) is 0. The first-order chi connectivity index (χ1) is 61.3. The highest BCUT2D eigenvalue weighted by molar-refractivity contribution is 6.09. The third-order valence-electron chi connectivity index (χ3n) is 23.1. The summed E-state index contributed by atoms with van der Waals surface area (Å²) in [6, 6.07) is 133. The number of fused-ring (bicyclic) bond motifs is 12. The van der Waals surface area contributed by atoms with Crippen molar-refractivity contribution in [3.63, 3.8) is 0 Å². The normalized spacial score (nSPS) is 11.5. The molecule has 0 N–H and O–H groups in total. The zero-order chi connectivity index (χ0) is 82.0. The molecule has 0 aliphatic heterocycles. The summed E-state index contributed by atoms with van der Waals surface area (Å²) in [5.74, 6) is 3.43. The molecule has 24 rings (SSSR count). The standard InChI is InChI=1S/2C55H33N7/c1-3-10-38(11-4-1)53-60-54(39-12-5-2-6-13-39)62-55(61-53)48-30-24-35-18-22-41(33-50(35)58-48)46-28-23-34-17-21-40(32-49(34)57-46)42-26-27-45(44-16-8-7-15-43(42)44)47-29-25-37-20-19-36-14-9-31-56-51(36)52(37)59-47;1-3-8-38(9-4-1)53-60-54(39-10-5-2-6-11-39)62-55(61-53)48-28-24-35-14-21-45(33-50(35)58-48)46-26-23-34-13-17-43(32-49(34)57-46)41-18-19-42-31-44(22-20-40(42)30-41)47-27-25-37-16-15-36-12-7-29-56-51(36)52(37)59-47/h2*1-33H. The number of rotatable bonds is 12. The molecule has 10 heterocycles. The van der Waals surface area contributed by atoms with Gasteiger partial charge in [0.1, 0.15) is 11.4 Å². The first-order valence-corrected chi connectivity index (χ1v) is 41.1. The lowest BCUT2D eigenvalue weighted by Crippen LogP contribution is -2.01. The lowest BCUT2D eigenvalue weighted by Gasteiger charge is -2.13. The van der Waals surface area contributed by atoms with Crippen LogP contribution >= 0.6 is 0 Å². The van der Waals surface area contributed by atoms with E-state index in [2.05, 4.69) is 253 Å². The maximum absolute atomic E-state index is 5.23. The molecule has 0 spiro atoms. The van der Waals surface area contributed by atoms with Gasteiger partial charge in [0.05, 0.1) is 66.9 Å². The van der Waals surface area contributed by atoms with Crippen molar-refractivity contribution in [3.05, 3.63) is 401 Å². The predicted molar refractivity (Wildman–Crippen MR) is 502 cm³/mol. The number of hydrogen-bond acceptors (Lipinski definition) is 14. The van der Waals surface area contributed by atoms with Gasteiger partial charge in [-0.25, -0.2) is 59.8 Å². The first kappa shape index (κ1) is 72.2. The molecular formula is C110H66N14. The molecule has 24 aromatic rings. The number of pyridine rings is 8. The third-order valence-corrected chi connectivity index (χ3v) is 23.1. The van der Waals surface area contributed by atoms with Crippen molar-refractivity contribution in [3.8, 4) is 136 Å². The molecule has 0 atom stereocenters. The molecule has 0 fully saturated rings. The topological polar surface area (TPSA) is 180 Å². The Bertz CT molecular complexity index is 8270. The molecule has 14 aromatic carbocycles. The fourth-order valence-electron chi connectivity index (χ4n) is 16.7. The zero-order valence-electron chi connectivity index (χ0n) is 66.4. The largest absolute Gasteiger partial charge is 0.254 e. The summed E-state index contributed by atoms with van der Waals surface area (Å²) in [5, 5.41) is 13.1. The van der Waals surface area contributed by atoms with E-state index in [1.165, 1.54) is 0 Å². The molecule has 14 heteroatoms. The number of nitrogens with zero attached hydrogens (tertiary/aromatic N) is 14. The van der Waals surface area contributed by atoms with Gasteiger partial charge in [0.2, 0.25) is 0 Å². The van der Waals surface area contributed by atoms with E-state index in [-0.39, 0.29) is 0 Å². The Labute approximate surface area is 710 Å². The minimum atomic E-state index is 0.515. The minimum Gasteiger partial charge on any atom is -0.254 e. The highest BCUT2D eigenvalue weighted by Gasteiger charge is 2.20. The van der Waals surface area contributed by atoms with Crippen LogP contribution in [-0.2, 0) is 0 Å². The van der Waals surface area contributed by atoms with Crippen LogP contribution in [0.3, 0.4) is 0 Å². The highest BCUT2D eigenvalue weighted by atomic mass is 15.1. The summed E-state index contributed by atoms with van der Waals surface area (Å²) >= 11 is 0. The molecular weight excluding hydrogens is 1520 g/mol. The molecule has 0 radical (unpaired) electrons. The van der Waals surface area contributed by atoms with E-state index in [1.54, 1.807) is 0 Å². The Morgan fingerprint density at radius 3 is 0.871 bits per heavy atom. The molecule has 0 aliphatic carbocycles. The Kier molecular flexibility index (Phi) is 17.9. The maximum atomic E-state index is 5.23. The minimum absolute atomic E-state index is 0.515. The lowest BCUT2D eigenvalue weighted by atomic mass is 9.93. The van der Waals surface area contributed by atoms with Crippen LogP contribution in [0.5, 0.6) is 0 Å². The van der Waals surface area contributed by atoms with Gasteiger partial charge >= 0.3 is 0 Å².